The normalized spacial score (nSPS) is 16.0. The van der Waals surface area contributed by atoms with Gasteiger partial charge in [0.05, 0.1) is 18.8 Å². The van der Waals surface area contributed by atoms with Crippen molar-refractivity contribution >= 4 is 29.0 Å². The molecule has 2 aromatic rings. The fraction of sp³-hybridized carbons (Fsp3) is 0.381. The van der Waals surface area contributed by atoms with Crippen LogP contribution in [0.15, 0.2) is 53.4 Å². The number of rotatable bonds is 7. The van der Waals surface area contributed by atoms with Gasteiger partial charge in [-0.25, -0.2) is 0 Å². The maximum atomic E-state index is 12.4. The highest BCUT2D eigenvalue weighted by Crippen LogP contribution is 2.32. The smallest absolute Gasteiger partial charge is 0.238 e. The van der Waals surface area contributed by atoms with Crippen LogP contribution in [-0.4, -0.2) is 56.4 Å². The Morgan fingerprint density at radius 2 is 2.11 bits per heavy atom. The Hall–Kier alpha value is -2.18. The summed E-state index contributed by atoms with van der Waals surface area (Å²) in [7, 11) is 1.96. The van der Waals surface area contributed by atoms with Crippen molar-refractivity contribution in [3.05, 3.63) is 48.5 Å². The van der Waals surface area contributed by atoms with E-state index in [0.717, 1.165) is 35.1 Å². The lowest BCUT2D eigenvalue weighted by atomic mass is 10.2. The van der Waals surface area contributed by atoms with Crippen LogP contribution in [0.25, 0.3) is 0 Å². The van der Waals surface area contributed by atoms with Gasteiger partial charge in [-0.2, -0.15) is 0 Å². The molecule has 0 saturated heterocycles. The van der Waals surface area contributed by atoms with E-state index in [2.05, 4.69) is 23.2 Å². The van der Waals surface area contributed by atoms with E-state index in [9.17, 15) is 4.79 Å². The summed E-state index contributed by atoms with van der Waals surface area (Å²) in [4.78, 5) is 17.8. The van der Waals surface area contributed by atoms with Gasteiger partial charge in [0.2, 0.25) is 5.91 Å². The predicted octanol–water partition coefficient (Wildman–Crippen LogP) is 3.57. The number of ether oxygens (including phenoxy) is 1. The van der Waals surface area contributed by atoms with Crippen molar-refractivity contribution in [2.24, 2.45) is 0 Å². The van der Waals surface area contributed by atoms with E-state index in [0.29, 0.717) is 13.1 Å². The van der Waals surface area contributed by atoms with Crippen LogP contribution in [0.3, 0.4) is 0 Å². The Labute approximate surface area is 165 Å². The monoisotopic (exact) mass is 385 g/mol. The lowest BCUT2D eigenvalue weighted by Crippen LogP contribution is -2.46. The van der Waals surface area contributed by atoms with Crippen LogP contribution in [0.5, 0.6) is 5.75 Å². The summed E-state index contributed by atoms with van der Waals surface area (Å²) < 4.78 is 6.15. The molecule has 1 aliphatic heterocycles. The first kappa shape index (κ1) is 19.6. The third kappa shape index (κ3) is 5.17. The first-order valence-electron chi connectivity index (χ1n) is 9.22. The first-order chi connectivity index (χ1) is 13.1. The summed E-state index contributed by atoms with van der Waals surface area (Å²) in [6, 6.07) is 16.0. The van der Waals surface area contributed by atoms with Gasteiger partial charge in [0.25, 0.3) is 0 Å². The zero-order valence-corrected chi connectivity index (χ0v) is 17.0. The molecule has 1 aliphatic rings. The molecule has 1 heterocycles. The van der Waals surface area contributed by atoms with Gasteiger partial charge in [0, 0.05) is 23.7 Å². The van der Waals surface area contributed by atoms with Crippen LogP contribution in [0.4, 0.5) is 11.4 Å². The average molecular weight is 386 g/mol. The number of anilines is 2. The molecule has 0 radical (unpaired) electrons. The summed E-state index contributed by atoms with van der Waals surface area (Å²) in [5.74, 6) is 0.904. The zero-order valence-electron chi connectivity index (χ0n) is 16.1. The maximum Gasteiger partial charge on any atom is 0.238 e. The highest BCUT2D eigenvalue weighted by atomic mass is 32.2. The van der Waals surface area contributed by atoms with Gasteiger partial charge in [-0.1, -0.05) is 18.2 Å². The molecule has 1 unspecified atom stereocenters. The number of nitrogens with one attached hydrogen (secondary N) is 1. The number of amides is 1. The molecular weight excluding hydrogens is 358 g/mol. The fourth-order valence-electron chi connectivity index (χ4n) is 3.33. The Bertz CT molecular complexity index is 784. The van der Waals surface area contributed by atoms with Crippen molar-refractivity contribution in [2.75, 3.05) is 49.7 Å². The van der Waals surface area contributed by atoms with Crippen LogP contribution < -0.4 is 15.0 Å². The van der Waals surface area contributed by atoms with Crippen LogP contribution in [0.1, 0.15) is 6.92 Å². The van der Waals surface area contributed by atoms with E-state index < -0.39 is 0 Å². The highest BCUT2D eigenvalue weighted by molar-refractivity contribution is 7.98. The standard InChI is InChI=1S/C21H27N3O2S/c1-4-24-14-17(26-20-11-6-5-10-19(20)24)13-23(2)15-21(25)22-16-8-7-9-18(12-16)27-3/h5-12,17H,4,13-15H2,1-3H3,(H,22,25). The molecule has 0 spiro atoms. The molecule has 144 valence electrons. The number of fused-ring (bicyclic) bond motifs is 1. The van der Waals surface area contributed by atoms with E-state index in [1.54, 1.807) is 11.8 Å². The topological polar surface area (TPSA) is 44.8 Å². The second-order valence-electron chi connectivity index (χ2n) is 6.72. The molecule has 6 heteroatoms. The predicted molar refractivity (Wildman–Crippen MR) is 113 cm³/mol. The summed E-state index contributed by atoms with van der Waals surface area (Å²) in [5, 5.41) is 2.98. The lowest BCUT2D eigenvalue weighted by Gasteiger charge is -2.37. The Balaban J connectivity index is 1.54. The second-order valence-corrected chi connectivity index (χ2v) is 7.60. The van der Waals surface area contributed by atoms with Crippen molar-refractivity contribution in [1.82, 2.24) is 4.90 Å². The van der Waals surface area contributed by atoms with Crippen molar-refractivity contribution in [1.29, 1.82) is 0 Å². The molecule has 0 fully saturated rings. The molecule has 0 bridgehead atoms. The van der Waals surface area contributed by atoms with E-state index in [-0.39, 0.29) is 12.0 Å². The number of hydrogen-bond acceptors (Lipinski definition) is 5. The molecule has 3 rings (SSSR count). The summed E-state index contributed by atoms with van der Waals surface area (Å²) in [6.45, 7) is 4.95. The van der Waals surface area contributed by atoms with Crippen molar-refractivity contribution < 1.29 is 9.53 Å². The Morgan fingerprint density at radius 1 is 1.30 bits per heavy atom. The Morgan fingerprint density at radius 3 is 2.89 bits per heavy atom. The zero-order chi connectivity index (χ0) is 19.2. The average Bonchev–Trinajstić information content (AvgIpc) is 2.67. The third-order valence-corrected chi connectivity index (χ3v) is 5.31. The summed E-state index contributed by atoms with van der Waals surface area (Å²) in [5.41, 5.74) is 1.98. The molecule has 1 amide bonds. The van der Waals surface area contributed by atoms with Gasteiger partial charge >= 0.3 is 0 Å². The third-order valence-electron chi connectivity index (χ3n) is 4.59. The quantitative estimate of drug-likeness (QED) is 0.739. The maximum absolute atomic E-state index is 12.4. The lowest BCUT2D eigenvalue weighted by molar-refractivity contribution is -0.117. The number of likely N-dealkylation sites (N-methyl/N-ethyl adjacent to an activating group) is 2. The molecule has 2 aromatic carbocycles. The molecule has 0 saturated carbocycles. The van der Waals surface area contributed by atoms with Gasteiger partial charge in [-0.15, -0.1) is 11.8 Å². The number of thioether (sulfide) groups is 1. The van der Waals surface area contributed by atoms with E-state index in [1.165, 1.54) is 0 Å². The number of para-hydroxylation sites is 2. The highest BCUT2D eigenvalue weighted by Gasteiger charge is 2.25. The first-order valence-corrected chi connectivity index (χ1v) is 10.4. The van der Waals surface area contributed by atoms with E-state index in [1.807, 2.05) is 60.7 Å². The SMILES string of the molecule is CCN1CC(CN(C)CC(=O)Nc2cccc(SC)c2)Oc2ccccc21. The van der Waals surface area contributed by atoms with Crippen molar-refractivity contribution in [2.45, 2.75) is 17.9 Å². The minimum absolute atomic E-state index is 0.0145. The van der Waals surface area contributed by atoms with Crippen LogP contribution in [0, 0.1) is 0 Å². The fourth-order valence-corrected chi connectivity index (χ4v) is 3.79. The summed E-state index contributed by atoms with van der Waals surface area (Å²) >= 11 is 1.66. The molecule has 0 aromatic heterocycles. The molecule has 0 aliphatic carbocycles. The van der Waals surface area contributed by atoms with Crippen LogP contribution >= 0.6 is 11.8 Å². The minimum Gasteiger partial charge on any atom is -0.485 e. The molecular formula is C21H27N3O2S. The number of nitrogens with zero attached hydrogens (tertiary/aromatic N) is 2. The van der Waals surface area contributed by atoms with Crippen LogP contribution in [0.2, 0.25) is 0 Å². The van der Waals surface area contributed by atoms with Gasteiger partial charge < -0.3 is 15.0 Å². The molecule has 27 heavy (non-hydrogen) atoms. The van der Waals surface area contributed by atoms with Gasteiger partial charge in [0.15, 0.2) is 0 Å². The number of benzene rings is 2. The summed E-state index contributed by atoms with van der Waals surface area (Å²) in [6.07, 6.45) is 2.06. The van der Waals surface area contributed by atoms with Crippen molar-refractivity contribution in [3.8, 4) is 5.75 Å². The van der Waals surface area contributed by atoms with Gasteiger partial charge in [0.1, 0.15) is 11.9 Å². The van der Waals surface area contributed by atoms with E-state index in [4.69, 9.17) is 4.74 Å². The molecule has 1 atom stereocenters. The number of hydrogen-bond donors (Lipinski definition) is 1. The minimum atomic E-state index is -0.0145. The Kier molecular flexibility index (Phi) is 6.63. The molecule has 1 N–H and O–H groups in total. The van der Waals surface area contributed by atoms with E-state index >= 15 is 0 Å². The van der Waals surface area contributed by atoms with Gasteiger partial charge in [-0.05, 0) is 50.6 Å². The number of carbonyl (C=O) groups excluding carboxylic acids is 1. The molecule has 5 nitrogen and oxygen atoms in total. The number of carbonyl (C=O) groups is 1. The largest absolute Gasteiger partial charge is 0.485 e. The van der Waals surface area contributed by atoms with Crippen molar-refractivity contribution in [3.63, 3.8) is 0 Å². The second kappa shape index (κ2) is 9.15. The van der Waals surface area contributed by atoms with Gasteiger partial charge in [-0.3, -0.25) is 9.69 Å². The van der Waals surface area contributed by atoms with Crippen LogP contribution in [-0.2, 0) is 4.79 Å².